The van der Waals surface area contributed by atoms with Crippen molar-refractivity contribution in [3.63, 3.8) is 0 Å². The fourth-order valence-electron chi connectivity index (χ4n) is 0.927. The molecule has 3 heteroatoms. The maximum atomic E-state index is 11.4. The average molecular weight is 192 g/mol. The van der Waals surface area contributed by atoms with Gasteiger partial charge in [0.25, 0.3) is 5.95 Å². The molecule has 3 nitrogen and oxygen atoms in total. The Hall–Kier alpha value is -1.77. The molecule has 14 heavy (non-hydrogen) atoms. The highest BCUT2D eigenvalue weighted by Gasteiger charge is 2.07. The third-order valence-corrected chi connectivity index (χ3v) is 1.52. The van der Waals surface area contributed by atoms with Crippen LogP contribution in [0.5, 0.6) is 0 Å². The second kappa shape index (κ2) is 5.07. The zero-order valence-electron chi connectivity index (χ0n) is 8.03. The van der Waals surface area contributed by atoms with E-state index in [1.54, 1.807) is 31.2 Å². The smallest absolute Gasteiger partial charge is 0.345 e. The summed E-state index contributed by atoms with van der Waals surface area (Å²) in [6, 6.07) is 8.69. The lowest BCUT2D eigenvalue weighted by molar-refractivity contribution is 0.0292. The molecule has 0 aliphatic rings. The molecule has 0 bridgehead atoms. The van der Waals surface area contributed by atoms with Crippen LogP contribution in [0, 0.1) is 0 Å². The number of esters is 1. The second-order valence-corrected chi connectivity index (χ2v) is 2.56. The van der Waals surface area contributed by atoms with Gasteiger partial charge in [-0.25, -0.2) is 4.79 Å². The van der Waals surface area contributed by atoms with Crippen molar-refractivity contribution in [3.05, 3.63) is 48.4 Å². The van der Waals surface area contributed by atoms with Crippen molar-refractivity contribution in [1.82, 2.24) is 0 Å². The lowest BCUT2D eigenvalue weighted by atomic mass is 10.2. The van der Waals surface area contributed by atoms with E-state index in [1.807, 2.05) is 6.07 Å². The first-order valence-corrected chi connectivity index (χ1v) is 4.33. The molecule has 0 heterocycles. The minimum Gasteiger partial charge on any atom is -0.466 e. The number of carbonyl (C=O) groups is 1. The van der Waals surface area contributed by atoms with Crippen molar-refractivity contribution in [2.24, 2.45) is 0 Å². The molecule has 0 amide bonds. The standard InChI is InChI=1S/C11H12O3/c1-3-13-9(2)14-11(12)10-7-5-4-6-8-10/h4-8H,2-3H2,1H3. The lowest BCUT2D eigenvalue weighted by Gasteiger charge is -2.06. The highest BCUT2D eigenvalue weighted by molar-refractivity contribution is 5.89. The predicted octanol–water partition coefficient (Wildman–Crippen LogP) is 2.35. The molecule has 1 rings (SSSR count). The average Bonchev–Trinajstić information content (AvgIpc) is 2.19. The van der Waals surface area contributed by atoms with E-state index < -0.39 is 5.97 Å². The molecule has 0 spiro atoms. The van der Waals surface area contributed by atoms with Crippen molar-refractivity contribution in [2.45, 2.75) is 6.92 Å². The van der Waals surface area contributed by atoms with Gasteiger partial charge in [-0.2, -0.15) is 0 Å². The summed E-state index contributed by atoms with van der Waals surface area (Å²) < 4.78 is 9.72. The van der Waals surface area contributed by atoms with Gasteiger partial charge in [-0.3, -0.25) is 0 Å². The number of ether oxygens (including phenoxy) is 2. The molecule has 0 fully saturated rings. The normalized spacial score (nSPS) is 9.21. The van der Waals surface area contributed by atoms with Crippen LogP contribution in [0.4, 0.5) is 0 Å². The highest BCUT2D eigenvalue weighted by Crippen LogP contribution is 2.05. The van der Waals surface area contributed by atoms with Crippen LogP contribution in [0.3, 0.4) is 0 Å². The van der Waals surface area contributed by atoms with Crippen LogP contribution in [0.2, 0.25) is 0 Å². The van der Waals surface area contributed by atoms with Gasteiger partial charge >= 0.3 is 5.97 Å². The van der Waals surface area contributed by atoms with Gasteiger partial charge in [0.05, 0.1) is 12.2 Å². The second-order valence-electron chi connectivity index (χ2n) is 2.56. The van der Waals surface area contributed by atoms with Gasteiger partial charge in [0, 0.05) is 0 Å². The molecule has 0 saturated carbocycles. The Labute approximate surface area is 83.0 Å². The Bertz CT molecular complexity index is 317. The van der Waals surface area contributed by atoms with E-state index in [1.165, 1.54) is 0 Å². The largest absolute Gasteiger partial charge is 0.466 e. The summed E-state index contributed by atoms with van der Waals surface area (Å²) in [7, 11) is 0. The molecule has 0 radical (unpaired) electrons. The summed E-state index contributed by atoms with van der Waals surface area (Å²) in [5.41, 5.74) is 0.480. The molecule has 1 aromatic rings. The minimum absolute atomic E-state index is 0.0290. The van der Waals surface area contributed by atoms with E-state index in [2.05, 4.69) is 6.58 Å². The Morgan fingerprint density at radius 3 is 2.57 bits per heavy atom. The van der Waals surface area contributed by atoms with Crippen molar-refractivity contribution in [3.8, 4) is 0 Å². The summed E-state index contributed by atoms with van der Waals surface area (Å²) in [6.45, 7) is 5.67. The van der Waals surface area contributed by atoms with Gasteiger partial charge in [0.15, 0.2) is 0 Å². The summed E-state index contributed by atoms with van der Waals surface area (Å²) in [5.74, 6) is -0.426. The van der Waals surface area contributed by atoms with Crippen LogP contribution >= 0.6 is 0 Å². The number of hydrogen-bond donors (Lipinski definition) is 0. The van der Waals surface area contributed by atoms with E-state index in [0.717, 1.165) is 0 Å². The zero-order valence-corrected chi connectivity index (χ0v) is 8.03. The van der Waals surface area contributed by atoms with Gasteiger partial charge in [-0.15, -0.1) is 0 Å². The molecular formula is C11H12O3. The summed E-state index contributed by atoms with van der Waals surface area (Å²) >= 11 is 0. The van der Waals surface area contributed by atoms with Gasteiger partial charge in [-0.1, -0.05) is 18.2 Å². The zero-order chi connectivity index (χ0) is 10.4. The summed E-state index contributed by atoms with van der Waals surface area (Å²) in [5, 5.41) is 0. The van der Waals surface area contributed by atoms with E-state index >= 15 is 0 Å². The molecule has 0 unspecified atom stereocenters. The first kappa shape index (κ1) is 10.3. The van der Waals surface area contributed by atoms with Crippen molar-refractivity contribution in [2.75, 3.05) is 6.61 Å². The van der Waals surface area contributed by atoms with Gasteiger partial charge in [-0.05, 0) is 25.6 Å². The van der Waals surface area contributed by atoms with E-state index in [0.29, 0.717) is 12.2 Å². The van der Waals surface area contributed by atoms with Crippen LogP contribution in [-0.2, 0) is 9.47 Å². The van der Waals surface area contributed by atoms with Crippen LogP contribution in [-0.4, -0.2) is 12.6 Å². The lowest BCUT2D eigenvalue weighted by Crippen LogP contribution is -2.06. The Morgan fingerprint density at radius 2 is 2.00 bits per heavy atom. The van der Waals surface area contributed by atoms with Crippen molar-refractivity contribution >= 4 is 5.97 Å². The number of hydrogen-bond acceptors (Lipinski definition) is 3. The number of benzene rings is 1. The van der Waals surface area contributed by atoms with Gasteiger partial charge in [0.2, 0.25) is 0 Å². The summed E-state index contributed by atoms with van der Waals surface area (Å²) in [4.78, 5) is 11.4. The fraction of sp³-hybridized carbons (Fsp3) is 0.182. The molecule has 0 N–H and O–H groups in total. The Balaban J connectivity index is 2.55. The molecule has 1 aromatic carbocycles. The van der Waals surface area contributed by atoms with E-state index in [9.17, 15) is 4.79 Å². The maximum Gasteiger partial charge on any atom is 0.345 e. The molecule has 0 aromatic heterocycles. The molecule has 74 valence electrons. The molecule has 0 saturated heterocycles. The molecule has 0 aliphatic carbocycles. The summed E-state index contributed by atoms with van der Waals surface area (Å²) in [6.07, 6.45) is 0. The fourth-order valence-corrected chi connectivity index (χ4v) is 0.927. The van der Waals surface area contributed by atoms with Gasteiger partial charge < -0.3 is 9.47 Å². The third-order valence-electron chi connectivity index (χ3n) is 1.52. The minimum atomic E-state index is -0.455. The van der Waals surface area contributed by atoms with Crippen LogP contribution in [0.15, 0.2) is 42.9 Å². The topological polar surface area (TPSA) is 35.5 Å². The first-order valence-electron chi connectivity index (χ1n) is 4.33. The van der Waals surface area contributed by atoms with E-state index in [4.69, 9.17) is 9.47 Å². The number of rotatable bonds is 4. The predicted molar refractivity (Wildman–Crippen MR) is 52.6 cm³/mol. The van der Waals surface area contributed by atoms with Crippen LogP contribution in [0.1, 0.15) is 17.3 Å². The third kappa shape index (κ3) is 2.94. The van der Waals surface area contributed by atoms with Crippen LogP contribution in [0.25, 0.3) is 0 Å². The molecule has 0 aliphatic heterocycles. The monoisotopic (exact) mass is 192 g/mol. The Kier molecular flexibility index (Phi) is 3.73. The quantitative estimate of drug-likeness (QED) is 0.542. The van der Waals surface area contributed by atoms with Crippen molar-refractivity contribution in [1.29, 1.82) is 0 Å². The molecular weight excluding hydrogens is 180 g/mol. The number of carbonyl (C=O) groups excluding carboxylic acids is 1. The highest BCUT2D eigenvalue weighted by atomic mass is 16.7. The SMILES string of the molecule is C=C(OCC)OC(=O)c1ccccc1. The van der Waals surface area contributed by atoms with E-state index in [-0.39, 0.29) is 5.95 Å². The Morgan fingerprint density at radius 1 is 1.36 bits per heavy atom. The van der Waals surface area contributed by atoms with Gasteiger partial charge in [0.1, 0.15) is 0 Å². The van der Waals surface area contributed by atoms with Crippen LogP contribution < -0.4 is 0 Å². The molecule has 0 atom stereocenters. The van der Waals surface area contributed by atoms with Crippen molar-refractivity contribution < 1.29 is 14.3 Å². The first-order chi connectivity index (χ1) is 6.74. The maximum absolute atomic E-state index is 11.4.